The van der Waals surface area contributed by atoms with Crippen molar-refractivity contribution in [1.82, 2.24) is 30.1 Å². The van der Waals surface area contributed by atoms with E-state index in [0.29, 0.717) is 22.5 Å². The predicted molar refractivity (Wildman–Crippen MR) is 147 cm³/mol. The highest BCUT2D eigenvalue weighted by Gasteiger charge is 2.17. The number of carbonyl (C=O) groups excluding carboxylic acids is 1. The molecule has 4 rings (SSSR count). The minimum Gasteiger partial charge on any atom is -0.481 e. The summed E-state index contributed by atoms with van der Waals surface area (Å²) in [6.07, 6.45) is 0. The summed E-state index contributed by atoms with van der Waals surface area (Å²) >= 11 is 2.45. The summed E-state index contributed by atoms with van der Waals surface area (Å²) in [7, 11) is -1.25. The number of methoxy groups -OCH3 is 2. The molecule has 0 saturated heterocycles. The highest BCUT2D eigenvalue weighted by molar-refractivity contribution is 7.99. The Morgan fingerprint density at radius 2 is 1.68 bits per heavy atom. The molecule has 14 nitrogen and oxygen atoms in total. The number of hydrogen-bond donors (Lipinski definition) is 2. The van der Waals surface area contributed by atoms with Crippen molar-refractivity contribution in [3.05, 3.63) is 53.7 Å². The molecule has 0 aliphatic heterocycles. The Morgan fingerprint density at radius 1 is 0.950 bits per heavy atom. The topological polar surface area (TPSA) is 184 Å². The maximum absolute atomic E-state index is 12.8. The van der Waals surface area contributed by atoms with Gasteiger partial charge in [0.2, 0.25) is 17.7 Å². The number of rotatable bonds is 12. The van der Waals surface area contributed by atoms with Gasteiger partial charge in [-0.25, -0.2) is 18.4 Å². The van der Waals surface area contributed by atoms with Crippen molar-refractivity contribution in [2.75, 3.05) is 30.0 Å². The second-order valence-corrected chi connectivity index (χ2v) is 11.5. The molecular weight excluding hydrogens is 581 g/mol. The lowest BCUT2D eigenvalue weighted by Crippen LogP contribution is -2.16. The molecule has 210 valence electrons. The first kappa shape index (κ1) is 29.0. The highest BCUT2D eigenvalue weighted by Crippen LogP contribution is 2.24. The molecule has 0 aliphatic rings. The third-order valence-electron chi connectivity index (χ3n) is 4.82. The van der Waals surface area contributed by atoms with Gasteiger partial charge in [-0.3, -0.25) is 9.52 Å². The van der Waals surface area contributed by atoms with Crippen LogP contribution in [0.15, 0.2) is 56.1 Å². The quantitative estimate of drug-likeness (QED) is 0.177. The zero-order chi connectivity index (χ0) is 28.7. The van der Waals surface area contributed by atoms with Crippen LogP contribution in [0.5, 0.6) is 11.9 Å². The molecule has 40 heavy (non-hydrogen) atoms. The fourth-order valence-electron chi connectivity index (χ4n) is 3.13. The monoisotopic (exact) mass is 604 g/mol. The Kier molecular flexibility index (Phi) is 9.38. The summed E-state index contributed by atoms with van der Waals surface area (Å²) in [6.45, 7) is 3.80. The number of aryl methyl sites for hydroxylation is 2. The molecule has 0 saturated carbocycles. The Bertz CT molecular complexity index is 1560. The maximum Gasteiger partial charge on any atom is 0.321 e. The van der Waals surface area contributed by atoms with Crippen LogP contribution in [0.25, 0.3) is 0 Å². The summed E-state index contributed by atoms with van der Waals surface area (Å²) in [5.41, 5.74) is 2.16. The van der Waals surface area contributed by atoms with Crippen LogP contribution in [0, 0.1) is 13.8 Å². The molecule has 1 aromatic carbocycles. The lowest BCUT2D eigenvalue weighted by Gasteiger charge is -2.10. The van der Waals surface area contributed by atoms with Crippen LogP contribution >= 0.6 is 23.5 Å². The molecule has 0 aliphatic carbocycles. The number of aromatic nitrogens is 6. The molecule has 2 N–H and O–H groups in total. The lowest BCUT2D eigenvalue weighted by atomic mass is 10.3. The van der Waals surface area contributed by atoms with Crippen molar-refractivity contribution in [2.24, 2.45) is 0 Å². The second kappa shape index (κ2) is 12.9. The van der Waals surface area contributed by atoms with Crippen molar-refractivity contribution < 1.29 is 27.1 Å². The van der Waals surface area contributed by atoms with Crippen LogP contribution in [-0.2, 0) is 20.6 Å². The van der Waals surface area contributed by atoms with Crippen molar-refractivity contribution in [2.45, 2.75) is 34.9 Å². The molecule has 17 heteroatoms. The van der Waals surface area contributed by atoms with E-state index in [4.69, 9.17) is 13.9 Å². The molecule has 0 atom stereocenters. The number of anilines is 2. The molecule has 3 heterocycles. The van der Waals surface area contributed by atoms with E-state index in [1.807, 2.05) is 19.9 Å². The number of benzene rings is 1. The minimum atomic E-state index is -3.98. The fraction of sp³-hybridized carbons (Fsp3) is 0.261. The number of hydrogen-bond acceptors (Lipinski definition) is 14. The Morgan fingerprint density at radius 3 is 2.35 bits per heavy atom. The van der Waals surface area contributed by atoms with Crippen LogP contribution in [0.2, 0.25) is 0 Å². The number of carbonyl (C=O) groups is 1. The summed E-state index contributed by atoms with van der Waals surface area (Å²) < 4.78 is 43.5. The normalized spacial score (nSPS) is 11.2. The SMILES string of the molecule is COc1cc(NS(=O)(=O)c2ccc(NC(=O)CSc3nnc(CSc4nc(C)cc(C)n4)o3)cc2)nc(OC)n1. The van der Waals surface area contributed by atoms with E-state index in [1.54, 1.807) is 0 Å². The van der Waals surface area contributed by atoms with Crippen LogP contribution < -0.4 is 19.5 Å². The van der Waals surface area contributed by atoms with Crippen molar-refractivity contribution >= 4 is 51.0 Å². The van der Waals surface area contributed by atoms with Gasteiger partial charge in [-0.05, 0) is 44.2 Å². The van der Waals surface area contributed by atoms with Gasteiger partial charge < -0.3 is 19.2 Å². The highest BCUT2D eigenvalue weighted by atomic mass is 32.2. The summed E-state index contributed by atoms with van der Waals surface area (Å²) in [5, 5.41) is 11.5. The van der Waals surface area contributed by atoms with E-state index in [1.165, 1.54) is 56.3 Å². The largest absolute Gasteiger partial charge is 0.481 e. The average molecular weight is 605 g/mol. The van der Waals surface area contributed by atoms with E-state index in [-0.39, 0.29) is 39.5 Å². The Hall–Kier alpha value is -3.96. The summed E-state index contributed by atoms with van der Waals surface area (Å²) in [4.78, 5) is 29.0. The molecule has 0 unspecified atom stereocenters. The first-order chi connectivity index (χ1) is 19.1. The van der Waals surface area contributed by atoms with Gasteiger partial charge in [0.1, 0.15) is 0 Å². The van der Waals surface area contributed by atoms with Gasteiger partial charge in [0.05, 0.1) is 30.6 Å². The molecule has 0 bridgehead atoms. The molecule has 1 amide bonds. The van der Waals surface area contributed by atoms with E-state index in [0.717, 1.165) is 23.1 Å². The predicted octanol–water partition coefficient (Wildman–Crippen LogP) is 3.11. The molecular formula is C23H24N8O6S3. The van der Waals surface area contributed by atoms with Crippen molar-refractivity contribution in [1.29, 1.82) is 0 Å². The van der Waals surface area contributed by atoms with E-state index < -0.39 is 10.0 Å². The number of nitrogens with one attached hydrogen (secondary N) is 2. The summed E-state index contributed by atoms with van der Waals surface area (Å²) in [6, 6.07) is 8.78. The fourth-order valence-corrected chi connectivity index (χ4v) is 5.49. The van der Waals surface area contributed by atoms with Crippen LogP contribution in [0.1, 0.15) is 17.3 Å². The lowest BCUT2D eigenvalue weighted by molar-refractivity contribution is -0.113. The zero-order valence-electron chi connectivity index (χ0n) is 21.7. The van der Waals surface area contributed by atoms with Crippen LogP contribution in [0.4, 0.5) is 11.5 Å². The molecule has 4 aromatic rings. The molecule has 3 aromatic heterocycles. The number of amides is 1. The van der Waals surface area contributed by atoms with Gasteiger partial charge in [0, 0.05) is 23.1 Å². The number of nitrogens with zero attached hydrogens (tertiary/aromatic N) is 6. The molecule has 0 radical (unpaired) electrons. The number of ether oxygens (including phenoxy) is 2. The van der Waals surface area contributed by atoms with Gasteiger partial charge in [-0.2, -0.15) is 9.97 Å². The first-order valence-electron chi connectivity index (χ1n) is 11.4. The van der Waals surface area contributed by atoms with Crippen LogP contribution in [-0.4, -0.2) is 64.4 Å². The smallest absolute Gasteiger partial charge is 0.321 e. The van der Waals surface area contributed by atoms with Crippen molar-refractivity contribution in [3.8, 4) is 11.9 Å². The Balaban J connectivity index is 1.28. The van der Waals surface area contributed by atoms with E-state index in [9.17, 15) is 13.2 Å². The van der Waals surface area contributed by atoms with E-state index in [2.05, 4.69) is 40.2 Å². The molecule has 0 fully saturated rings. The van der Waals surface area contributed by atoms with Gasteiger partial charge >= 0.3 is 6.01 Å². The van der Waals surface area contributed by atoms with Gasteiger partial charge in [0.15, 0.2) is 11.0 Å². The number of thioether (sulfide) groups is 2. The van der Waals surface area contributed by atoms with Crippen molar-refractivity contribution in [3.63, 3.8) is 0 Å². The first-order valence-corrected chi connectivity index (χ1v) is 14.9. The van der Waals surface area contributed by atoms with E-state index >= 15 is 0 Å². The standard InChI is InChI=1S/C23H24N8O6S3/c1-13-9-14(2)25-22(24-13)38-12-20-29-30-23(37-20)39-11-18(32)26-15-5-7-16(8-6-15)40(33,34)31-17-10-19(35-3)28-21(27-17)36-4/h5-10H,11-12H2,1-4H3,(H,26,32)(H,27,28,31). The zero-order valence-corrected chi connectivity index (χ0v) is 24.2. The third-order valence-corrected chi connectivity index (χ3v) is 7.84. The summed E-state index contributed by atoms with van der Waals surface area (Å²) in [5.74, 6) is 0.554. The van der Waals surface area contributed by atoms with Crippen LogP contribution in [0.3, 0.4) is 0 Å². The maximum atomic E-state index is 12.8. The Labute approximate surface area is 238 Å². The average Bonchev–Trinajstić information content (AvgIpc) is 3.38. The van der Waals surface area contributed by atoms with Gasteiger partial charge in [-0.15, -0.1) is 10.2 Å². The molecule has 0 spiro atoms. The number of sulfonamides is 1. The third kappa shape index (κ3) is 8.03. The second-order valence-electron chi connectivity index (χ2n) is 7.93. The minimum absolute atomic E-state index is 0.00788. The van der Waals surface area contributed by atoms with Gasteiger partial charge in [0.25, 0.3) is 15.2 Å². The van der Waals surface area contributed by atoms with Gasteiger partial charge in [-0.1, -0.05) is 23.5 Å².